The number of piperazine rings is 2. The van der Waals surface area contributed by atoms with E-state index in [0.29, 0.717) is 35.8 Å². The monoisotopic (exact) mass is 602 g/mol. The normalized spacial score (nSPS) is 46.2. The smallest absolute Gasteiger partial charge is 0.302 e. The number of hydrogen-bond donors (Lipinski definition) is 0. The molecule has 0 amide bonds. The van der Waals surface area contributed by atoms with Gasteiger partial charge >= 0.3 is 11.9 Å². The Kier molecular flexibility index (Phi) is 8.30. The number of quaternary nitrogens is 2. The van der Waals surface area contributed by atoms with Crippen LogP contribution in [0.1, 0.15) is 72.6 Å². The van der Waals surface area contributed by atoms with Gasteiger partial charge in [0.05, 0.1) is 54.4 Å². The van der Waals surface area contributed by atoms with Gasteiger partial charge in [0, 0.05) is 57.5 Å². The number of rotatable bonds is 4. The first-order chi connectivity index (χ1) is 20.1. The van der Waals surface area contributed by atoms with E-state index in [1.807, 2.05) is 0 Å². The highest BCUT2D eigenvalue weighted by atomic mass is 16.5. The zero-order valence-corrected chi connectivity index (χ0v) is 28.6. The van der Waals surface area contributed by atoms with Gasteiger partial charge in [0.25, 0.3) is 0 Å². The molecule has 244 valence electrons. The van der Waals surface area contributed by atoms with Crippen LogP contribution < -0.4 is 0 Å². The van der Waals surface area contributed by atoms with E-state index in [9.17, 15) is 9.59 Å². The summed E-state index contributed by atoms with van der Waals surface area (Å²) < 4.78 is 14.6. The van der Waals surface area contributed by atoms with Crippen molar-refractivity contribution >= 4 is 11.9 Å². The van der Waals surface area contributed by atoms with E-state index in [1.165, 1.54) is 25.7 Å². The Morgan fingerprint density at radius 3 is 1.81 bits per heavy atom. The molecule has 4 aliphatic carbocycles. The first-order valence-corrected chi connectivity index (χ1v) is 17.6. The van der Waals surface area contributed by atoms with Crippen LogP contribution in [0.3, 0.4) is 0 Å². The highest BCUT2D eigenvalue weighted by Crippen LogP contribution is 2.67. The highest BCUT2D eigenvalue weighted by molar-refractivity contribution is 5.66. The number of ether oxygens (including phenoxy) is 2. The van der Waals surface area contributed by atoms with Gasteiger partial charge in [0.2, 0.25) is 0 Å². The predicted octanol–water partition coefficient (Wildman–Crippen LogP) is 3.63. The van der Waals surface area contributed by atoms with Crippen molar-refractivity contribution < 1.29 is 28.0 Å². The van der Waals surface area contributed by atoms with Crippen molar-refractivity contribution in [3.05, 3.63) is 0 Å². The van der Waals surface area contributed by atoms with E-state index in [2.05, 4.69) is 51.8 Å². The maximum absolute atomic E-state index is 12.5. The number of carbonyl (C=O) groups is 2. The molecule has 43 heavy (non-hydrogen) atoms. The summed E-state index contributed by atoms with van der Waals surface area (Å²) in [5.41, 5.74) is 0.308. The molecule has 0 radical (unpaired) electrons. The second-order valence-electron chi connectivity index (χ2n) is 17.5. The Morgan fingerprint density at radius 1 is 0.698 bits per heavy atom. The predicted molar refractivity (Wildman–Crippen MR) is 168 cm³/mol. The lowest BCUT2D eigenvalue weighted by molar-refractivity contribution is -0.894. The number of esters is 2. The second kappa shape index (κ2) is 11.2. The Labute approximate surface area is 261 Å². The third-order valence-electron chi connectivity index (χ3n) is 14.1. The molecule has 0 bridgehead atoms. The average molecular weight is 603 g/mol. The molecule has 2 saturated heterocycles. The van der Waals surface area contributed by atoms with Gasteiger partial charge in [-0.3, -0.25) is 19.4 Å². The fourth-order valence-electron chi connectivity index (χ4n) is 11.4. The molecule has 8 nitrogen and oxygen atoms in total. The summed E-state index contributed by atoms with van der Waals surface area (Å²) >= 11 is 0. The lowest BCUT2D eigenvalue weighted by Gasteiger charge is -2.62. The third kappa shape index (κ3) is 5.81. The minimum absolute atomic E-state index is 0.00234. The van der Waals surface area contributed by atoms with Crippen molar-refractivity contribution in [3.8, 4) is 0 Å². The van der Waals surface area contributed by atoms with Crippen LogP contribution in [-0.4, -0.2) is 136 Å². The number of likely N-dealkylation sites (N-methyl/N-ethyl adjacent to an activating group) is 2. The van der Waals surface area contributed by atoms with Crippen LogP contribution in [0.15, 0.2) is 0 Å². The number of hydrogen-bond acceptors (Lipinski definition) is 6. The molecule has 5 unspecified atom stereocenters. The molecule has 6 fully saturated rings. The SMILES string of the molecule is CC(=O)O[C@H]1C[C@@H]2CCC3C4CC(N5CC[N+](C)(C)CC5)[C@H](OC(C)=O)[C@@]4(C)CCC3[C@@]2(C)CC1N1CC[N+](C)(C)CC1. The van der Waals surface area contributed by atoms with Gasteiger partial charge in [-0.25, -0.2) is 0 Å². The molecule has 6 rings (SSSR count). The lowest BCUT2D eigenvalue weighted by Crippen LogP contribution is -2.64. The number of fused-ring (bicyclic) bond motifs is 5. The topological polar surface area (TPSA) is 59.1 Å². The van der Waals surface area contributed by atoms with Crippen molar-refractivity contribution in [2.45, 2.75) is 96.9 Å². The zero-order valence-electron chi connectivity index (χ0n) is 28.6. The van der Waals surface area contributed by atoms with Gasteiger partial charge in [0.1, 0.15) is 12.2 Å². The molecule has 6 aliphatic rings. The minimum atomic E-state index is -0.123. The van der Waals surface area contributed by atoms with Crippen molar-refractivity contribution in [3.63, 3.8) is 0 Å². The average Bonchev–Trinajstić information content (AvgIpc) is 3.20. The first-order valence-electron chi connectivity index (χ1n) is 17.6. The van der Waals surface area contributed by atoms with Gasteiger partial charge < -0.3 is 18.4 Å². The van der Waals surface area contributed by atoms with Crippen molar-refractivity contribution in [2.75, 3.05) is 80.5 Å². The van der Waals surface area contributed by atoms with Crippen LogP contribution in [0, 0.1) is 34.5 Å². The Balaban J connectivity index is 1.26. The van der Waals surface area contributed by atoms with Crippen molar-refractivity contribution in [1.82, 2.24) is 9.80 Å². The molecule has 0 aromatic carbocycles. The van der Waals surface area contributed by atoms with Crippen molar-refractivity contribution in [1.29, 1.82) is 0 Å². The van der Waals surface area contributed by atoms with Crippen LogP contribution in [0.2, 0.25) is 0 Å². The summed E-state index contributed by atoms with van der Waals surface area (Å²) in [4.78, 5) is 30.2. The maximum atomic E-state index is 12.5. The molecule has 2 heterocycles. The van der Waals surface area contributed by atoms with Crippen LogP contribution >= 0.6 is 0 Å². The summed E-state index contributed by atoms with van der Waals surface area (Å²) in [6.45, 7) is 17.3. The van der Waals surface area contributed by atoms with Crippen LogP contribution in [0.5, 0.6) is 0 Å². The van der Waals surface area contributed by atoms with E-state index in [1.54, 1.807) is 13.8 Å². The van der Waals surface area contributed by atoms with E-state index in [4.69, 9.17) is 9.47 Å². The molecule has 0 aromatic rings. The molecule has 4 saturated carbocycles. The van der Waals surface area contributed by atoms with Gasteiger partial charge in [-0.1, -0.05) is 13.8 Å². The summed E-state index contributed by atoms with van der Waals surface area (Å²) in [5.74, 6) is 2.35. The third-order valence-corrected chi connectivity index (χ3v) is 14.1. The van der Waals surface area contributed by atoms with Crippen LogP contribution in [-0.2, 0) is 19.1 Å². The van der Waals surface area contributed by atoms with E-state index >= 15 is 0 Å². The summed E-state index contributed by atoms with van der Waals surface area (Å²) in [6.07, 6.45) is 8.22. The van der Waals surface area contributed by atoms with Crippen molar-refractivity contribution in [2.24, 2.45) is 34.5 Å². The van der Waals surface area contributed by atoms with E-state index in [0.717, 1.165) is 80.6 Å². The van der Waals surface area contributed by atoms with Gasteiger partial charge in [-0.15, -0.1) is 0 Å². The summed E-state index contributed by atoms with van der Waals surface area (Å²) in [5, 5.41) is 0. The molecular formula is C35H62N4O4+2. The quantitative estimate of drug-likeness (QED) is 0.362. The summed E-state index contributed by atoms with van der Waals surface area (Å²) in [6, 6.07) is 0.656. The van der Waals surface area contributed by atoms with E-state index in [-0.39, 0.29) is 35.0 Å². The van der Waals surface area contributed by atoms with Gasteiger partial charge in [-0.05, 0) is 74.0 Å². The Bertz CT molecular complexity index is 1060. The summed E-state index contributed by atoms with van der Waals surface area (Å²) in [7, 11) is 9.36. The standard InChI is InChI=1S/C35H62N4O4/c1-24(40)42-32-21-26-9-10-27-28(35(26,4)23-31(32)37-15-19-39(7,8)20-16-37)11-12-34(3)29(27)22-30(33(34)43-25(2)41)36-13-17-38(5,6)18-14-36/h26-33H,9-23H2,1-8H3/q+2/t26-,27?,28?,29?,30?,31?,32-,33-,34-,35-/m0/s1. The van der Waals surface area contributed by atoms with Crippen LogP contribution in [0.25, 0.3) is 0 Å². The Morgan fingerprint density at radius 2 is 1.26 bits per heavy atom. The molecule has 0 N–H and O–H groups in total. The number of carbonyl (C=O) groups excluding carboxylic acids is 2. The first kappa shape index (κ1) is 31.7. The van der Waals surface area contributed by atoms with Crippen LogP contribution in [0.4, 0.5) is 0 Å². The molecule has 0 aromatic heterocycles. The Hall–Kier alpha value is -1.22. The zero-order chi connectivity index (χ0) is 30.9. The van der Waals surface area contributed by atoms with Gasteiger partial charge in [0.15, 0.2) is 0 Å². The molecule has 0 spiro atoms. The fourth-order valence-corrected chi connectivity index (χ4v) is 11.4. The molecule has 2 aliphatic heterocycles. The minimum Gasteiger partial charge on any atom is -0.461 e. The molecule has 10 atom stereocenters. The largest absolute Gasteiger partial charge is 0.461 e. The highest BCUT2D eigenvalue weighted by Gasteiger charge is 2.65. The second-order valence-corrected chi connectivity index (χ2v) is 17.5. The molecular weight excluding hydrogens is 540 g/mol. The number of nitrogens with zero attached hydrogens (tertiary/aromatic N) is 4. The van der Waals surface area contributed by atoms with Gasteiger partial charge in [-0.2, -0.15) is 0 Å². The maximum Gasteiger partial charge on any atom is 0.302 e. The molecule has 8 heteroatoms. The van der Waals surface area contributed by atoms with E-state index < -0.39 is 0 Å². The fraction of sp³-hybridized carbons (Fsp3) is 0.943. The lowest BCUT2D eigenvalue weighted by atomic mass is 9.44.